The van der Waals surface area contributed by atoms with E-state index in [1.165, 1.54) is 0 Å². The first-order valence-corrected chi connectivity index (χ1v) is 8.78. The van der Waals surface area contributed by atoms with Crippen LogP contribution < -0.4 is 15.0 Å². The number of carbonyl (C=O) groups excluding carboxylic acids is 1. The van der Waals surface area contributed by atoms with Crippen LogP contribution in [-0.4, -0.2) is 66.7 Å². The van der Waals surface area contributed by atoms with Crippen LogP contribution in [0.4, 0.5) is 5.82 Å². The van der Waals surface area contributed by atoms with Gasteiger partial charge in [-0.3, -0.25) is 9.69 Å². The summed E-state index contributed by atoms with van der Waals surface area (Å²) in [7, 11) is 1.67. The number of anilines is 1. The Labute approximate surface area is 147 Å². The topological polar surface area (TPSA) is 70.6 Å². The molecular weight excluding hydrogens is 318 g/mol. The molecule has 0 aliphatic carbocycles. The SMILES string of the molecule is COc1ccc2ncnc(N3CCN(CC4CCC(=O)N4)CC3)c2c1. The lowest BCUT2D eigenvalue weighted by Gasteiger charge is -2.36. The van der Waals surface area contributed by atoms with Crippen LogP contribution in [0.3, 0.4) is 0 Å². The molecule has 1 unspecified atom stereocenters. The summed E-state index contributed by atoms with van der Waals surface area (Å²) in [5.74, 6) is 1.97. The maximum absolute atomic E-state index is 11.3. The van der Waals surface area contributed by atoms with E-state index < -0.39 is 0 Å². The van der Waals surface area contributed by atoms with E-state index in [1.807, 2.05) is 18.2 Å². The van der Waals surface area contributed by atoms with Crippen molar-refractivity contribution < 1.29 is 9.53 Å². The molecule has 132 valence electrons. The number of nitrogens with one attached hydrogen (secondary N) is 1. The quantitative estimate of drug-likeness (QED) is 0.896. The standard InChI is InChI=1S/C18H23N5O2/c1-25-14-3-4-16-15(10-14)18(20-12-19-16)23-8-6-22(7-9-23)11-13-2-5-17(24)21-13/h3-4,10,12-13H,2,5-9,11H2,1H3,(H,21,24). The van der Waals surface area contributed by atoms with E-state index in [4.69, 9.17) is 4.74 Å². The lowest BCUT2D eigenvalue weighted by atomic mass is 10.1. The van der Waals surface area contributed by atoms with Crippen LogP contribution in [-0.2, 0) is 4.79 Å². The highest BCUT2D eigenvalue weighted by atomic mass is 16.5. The van der Waals surface area contributed by atoms with Gasteiger partial charge in [0.05, 0.1) is 12.6 Å². The number of hydrogen-bond donors (Lipinski definition) is 1. The van der Waals surface area contributed by atoms with Crippen LogP contribution in [0.2, 0.25) is 0 Å². The van der Waals surface area contributed by atoms with Crippen LogP contribution in [0, 0.1) is 0 Å². The summed E-state index contributed by atoms with van der Waals surface area (Å²) in [6.45, 7) is 4.73. The Morgan fingerprint density at radius 2 is 2.08 bits per heavy atom. The van der Waals surface area contributed by atoms with Gasteiger partial charge < -0.3 is 15.0 Å². The zero-order valence-electron chi connectivity index (χ0n) is 14.4. The fourth-order valence-corrected chi connectivity index (χ4v) is 3.67. The molecule has 2 fully saturated rings. The first-order chi connectivity index (χ1) is 12.2. The molecule has 1 atom stereocenters. The second-order valence-electron chi connectivity index (χ2n) is 6.67. The summed E-state index contributed by atoms with van der Waals surface area (Å²) >= 11 is 0. The third-order valence-electron chi connectivity index (χ3n) is 5.06. The van der Waals surface area contributed by atoms with Crippen molar-refractivity contribution in [2.75, 3.05) is 44.7 Å². The number of nitrogens with zero attached hydrogens (tertiary/aromatic N) is 4. The van der Waals surface area contributed by atoms with Gasteiger partial charge in [-0.05, 0) is 24.6 Å². The van der Waals surface area contributed by atoms with Crippen molar-refractivity contribution in [2.45, 2.75) is 18.9 Å². The van der Waals surface area contributed by atoms with E-state index in [0.29, 0.717) is 12.5 Å². The molecule has 2 aliphatic rings. The Morgan fingerprint density at radius 3 is 2.80 bits per heavy atom. The molecule has 0 bridgehead atoms. The Kier molecular flexibility index (Phi) is 4.40. The molecule has 1 amide bonds. The highest BCUT2D eigenvalue weighted by Gasteiger charge is 2.26. The van der Waals surface area contributed by atoms with Crippen molar-refractivity contribution in [3.63, 3.8) is 0 Å². The Hall–Kier alpha value is -2.41. The van der Waals surface area contributed by atoms with Gasteiger partial charge in [0.2, 0.25) is 5.91 Å². The average Bonchev–Trinajstić information content (AvgIpc) is 3.06. The predicted octanol–water partition coefficient (Wildman–Crippen LogP) is 1.04. The summed E-state index contributed by atoms with van der Waals surface area (Å²) in [5, 5.41) is 4.08. The molecule has 0 saturated carbocycles. The van der Waals surface area contributed by atoms with Gasteiger partial charge in [-0.15, -0.1) is 0 Å². The molecule has 0 spiro atoms. The smallest absolute Gasteiger partial charge is 0.220 e. The molecule has 2 saturated heterocycles. The fourth-order valence-electron chi connectivity index (χ4n) is 3.67. The number of carbonyl (C=O) groups is 1. The minimum absolute atomic E-state index is 0.185. The fraction of sp³-hybridized carbons (Fsp3) is 0.500. The van der Waals surface area contributed by atoms with Gasteiger partial charge in [0, 0.05) is 50.6 Å². The molecule has 2 aliphatic heterocycles. The van der Waals surface area contributed by atoms with E-state index in [0.717, 1.165) is 61.6 Å². The average molecular weight is 341 g/mol. The Morgan fingerprint density at radius 1 is 1.24 bits per heavy atom. The Bertz CT molecular complexity index is 773. The number of aromatic nitrogens is 2. The summed E-state index contributed by atoms with van der Waals surface area (Å²) in [4.78, 5) is 25.0. The monoisotopic (exact) mass is 341 g/mol. The van der Waals surface area contributed by atoms with Crippen molar-refractivity contribution in [2.24, 2.45) is 0 Å². The molecule has 7 nitrogen and oxygen atoms in total. The number of ether oxygens (including phenoxy) is 1. The number of fused-ring (bicyclic) bond motifs is 1. The summed E-state index contributed by atoms with van der Waals surface area (Å²) in [6, 6.07) is 6.21. The molecule has 3 heterocycles. The molecule has 1 aromatic carbocycles. The molecule has 4 rings (SSSR count). The van der Waals surface area contributed by atoms with E-state index >= 15 is 0 Å². The molecule has 1 aromatic heterocycles. The van der Waals surface area contributed by atoms with Crippen molar-refractivity contribution in [1.29, 1.82) is 0 Å². The number of methoxy groups -OCH3 is 1. The van der Waals surface area contributed by atoms with Gasteiger partial charge in [0.1, 0.15) is 17.9 Å². The number of piperazine rings is 1. The minimum atomic E-state index is 0.185. The number of amides is 1. The number of rotatable bonds is 4. The minimum Gasteiger partial charge on any atom is -0.497 e. The highest BCUT2D eigenvalue weighted by molar-refractivity contribution is 5.90. The molecule has 7 heteroatoms. The van der Waals surface area contributed by atoms with Crippen LogP contribution in [0.15, 0.2) is 24.5 Å². The zero-order chi connectivity index (χ0) is 17.2. The van der Waals surface area contributed by atoms with Gasteiger partial charge in [0.25, 0.3) is 0 Å². The summed E-state index contributed by atoms with van der Waals surface area (Å²) in [6.07, 6.45) is 3.25. The predicted molar refractivity (Wildman–Crippen MR) is 95.9 cm³/mol. The van der Waals surface area contributed by atoms with E-state index in [-0.39, 0.29) is 5.91 Å². The lowest BCUT2D eigenvalue weighted by Crippen LogP contribution is -2.50. The van der Waals surface area contributed by atoms with Crippen LogP contribution in [0.25, 0.3) is 10.9 Å². The van der Waals surface area contributed by atoms with Gasteiger partial charge >= 0.3 is 0 Å². The van der Waals surface area contributed by atoms with Crippen molar-refractivity contribution in [3.05, 3.63) is 24.5 Å². The van der Waals surface area contributed by atoms with Crippen LogP contribution in [0.1, 0.15) is 12.8 Å². The van der Waals surface area contributed by atoms with Gasteiger partial charge in [-0.25, -0.2) is 9.97 Å². The first kappa shape index (κ1) is 16.1. The van der Waals surface area contributed by atoms with Crippen molar-refractivity contribution in [3.8, 4) is 5.75 Å². The second kappa shape index (κ2) is 6.84. The van der Waals surface area contributed by atoms with Crippen LogP contribution >= 0.6 is 0 Å². The van der Waals surface area contributed by atoms with Crippen molar-refractivity contribution >= 4 is 22.6 Å². The molecule has 0 radical (unpaired) electrons. The first-order valence-electron chi connectivity index (χ1n) is 8.78. The van der Waals surface area contributed by atoms with Crippen molar-refractivity contribution in [1.82, 2.24) is 20.2 Å². The van der Waals surface area contributed by atoms with E-state index in [1.54, 1.807) is 13.4 Å². The number of hydrogen-bond acceptors (Lipinski definition) is 6. The lowest BCUT2D eigenvalue weighted by molar-refractivity contribution is -0.119. The largest absolute Gasteiger partial charge is 0.497 e. The molecule has 25 heavy (non-hydrogen) atoms. The summed E-state index contributed by atoms with van der Waals surface area (Å²) in [5.41, 5.74) is 0.932. The molecule has 1 N–H and O–H groups in total. The molecule has 2 aromatic rings. The van der Waals surface area contributed by atoms with Crippen LogP contribution in [0.5, 0.6) is 5.75 Å². The third kappa shape index (κ3) is 3.37. The second-order valence-corrected chi connectivity index (χ2v) is 6.67. The van der Waals surface area contributed by atoms with Gasteiger partial charge in [-0.2, -0.15) is 0 Å². The zero-order valence-corrected chi connectivity index (χ0v) is 14.4. The maximum atomic E-state index is 11.3. The third-order valence-corrected chi connectivity index (χ3v) is 5.06. The number of benzene rings is 1. The molecular formula is C18H23N5O2. The van der Waals surface area contributed by atoms with E-state index in [9.17, 15) is 4.79 Å². The maximum Gasteiger partial charge on any atom is 0.220 e. The Balaban J connectivity index is 1.45. The van der Waals surface area contributed by atoms with Gasteiger partial charge in [-0.1, -0.05) is 0 Å². The normalized spacial score (nSPS) is 21.6. The van der Waals surface area contributed by atoms with E-state index in [2.05, 4.69) is 25.1 Å². The highest BCUT2D eigenvalue weighted by Crippen LogP contribution is 2.27. The van der Waals surface area contributed by atoms with Gasteiger partial charge in [0.15, 0.2) is 0 Å². The summed E-state index contributed by atoms with van der Waals surface area (Å²) < 4.78 is 5.35.